The molecule has 2 fully saturated rings. The number of benzene rings is 2. The van der Waals surface area contributed by atoms with Gasteiger partial charge in [0.25, 0.3) is 0 Å². The summed E-state index contributed by atoms with van der Waals surface area (Å²) >= 11 is 0. The minimum atomic E-state index is 1.00. The summed E-state index contributed by atoms with van der Waals surface area (Å²) in [5.74, 6) is 0. The third kappa shape index (κ3) is 4.91. The van der Waals surface area contributed by atoms with Crippen molar-refractivity contribution in [2.45, 2.75) is 0 Å². The van der Waals surface area contributed by atoms with Crippen LogP contribution in [0.4, 0.5) is 0 Å². The second kappa shape index (κ2) is 6.26. The van der Waals surface area contributed by atoms with Gasteiger partial charge in [-0.2, -0.15) is 0 Å². The molecule has 0 amide bonds. The normalized spacial score (nSPS) is 15.2. The van der Waals surface area contributed by atoms with Crippen LogP contribution in [0.15, 0.2) is 48.5 Å². The van der Waals surface area contributed by atoms with E-state index in [1.54, 1.807) is 0 Å². The minimum Gasteiger partial charge on any atom is -0.377 e. The number of epoxide rings is 2. The Balaban J connectivity index is 0.000000130. The maximum Gasteiger partial charge on any atom is 0.0701 e. The molecule has 4 rings (SSSR count). The summed E-state index contributed by atoms with van der Waals surface area (Å²) in [7, 11) is 0. The largest absolute Gasteiger partial charge is 0.377 e. The maximum absolute atomic E-state index is 4.50. The second-order valence-corrected chi connectivity index (χ2v) is 3.57. The van der Waals surface area contributed by atoms with Gasteiger partial charge in [-0.15, -0.1) is 0 Å². The van der Waals surface area contributed by atoms with Gasteiger partial charge in [-0.05, 0) is 10.8 Å². The van der Waals surface area contributed by atoms with Gasteiger partial charge in [0.05, 0.1) is 26.4 Å². The molecule has 0 atom stereocenters. The molecular weight excluding hydrogens is 200 g/mol. The van der Waals surface area contributed by atoms with Crippen molar-refractivity contribution < 1.29 is 9.47 Å². The zero-order chi connectivity index (χ0) is 11.1. The van der Waals surface area contributed by atoms with Crippen LogP contribution >= 0.6 is 0 Å². The molecule has 2 aliphatic heterocycles. The Morgan fingerprint density at radius 1 is 0.562 bits per heavy atom. The van der Waals surface area contributed by atoms with Crippen LogP contribution in [-0.4, -0.2) is 26.4 Å². The highest BCUT2D eigenvalue weighted by molar-refractivity contribution is 5.81. The second-order valence-electron chi connectivity index (χ2n) is 3.57. The molecule has 0 unspecified atom stereocenters. The molecule has 2 heteroatoms. The molecule has 0 bridgehead atoms. The van der Waals surface area contributed by atoms with Crippen LogP contribution in [-0.2, 0) is 9.47 Å². The summed E-state index contributed by atoms with van der Waals surface area (Å²) in [5.41, 5.74) is 0. The lowest BCUT2D eigenvalue weighted by Gasteiger charge is -1.92. The average Bonchev–Trinajstić information content (AvgIpc) is 3.24. The van der Waals surface area contributed by atoms with Crippen molar-refractivity contribution >= 4 is 10.8 Å². The van der Waals surface area contributed by atoms with Crippen LogP contribution in [0.1, 0.15) is 0 Å². The van der Waals surface area contributed by atoms with Crippen LogP contribution in [0.25, 0.3) is 10.8 Å². The van der Waals surface area contributed by atoms with E-state index in [1.165, 1.54) is 10.8 Å². The van der Waals surface area contributed by atoms with Gasteiger partial charge >= 0.3 is 0 Å². The molecule has 2 aromatic rings. The third-order valence-electron chi connectivity index (χ3n) is 2.07. The summed E-state index contributed by atoms with van der Waals surface area (Å²) in [6.07, 6.45) is 0. The molecule has 84 valence electrons. The van der Waals surface area contributed by atoms with Crippen molar-refractivity contribution in [3.8, 4) is 0 Å². The summed E-state index contributed by atoms with van der Waals surface area (Å²) in [4.78, 5) is 0. The molecule has 2 nitrogen and oxygen atoms in total. The van der Waals surface area contributed by atoms with Crippen LogP contribution < -0.4 is 0 Å². The Bertz CT molecular complexity index is 345. The first kappa shape index (κ1) is 11.1. The molecule has 2 aromatic carbocycles. The predicted molar refractivity (Wildman–Crippen MR) is 65.6 cm³/mol. The van der Waals surface area contributed by atoms with E-state index in [9.17, 15) is 0 Å². The Morgan fingerprint density at radius 3 is 1.00 bits per heavy atom. The van der Waals surface area contributed by atoms with Crippen LogP contribution in [0, 0.1) is 0 Å². The number of hydrogen-bond acceptors (Lipinski definition) is 2. The predicted octanol–water partition coefficient (Wildman–Crippen LogP) is 2.87. The summed E-state index contributed by atoms with van der Waals surface area (Å²) < 4.78 is 9.00. The molecule has 0 radical (unpaired) electrons. The van der Waals surface area contributed by atoms with Gasteiger partial charge in [0, 0.05) is 0 Å². The lowest BCUT2D eigenvalue weighted by atomic mass is 10.1. The lowest BCUT2D eigenvalue weighted by molar-refractivity contribution is 0.475. The first-order valence-corrected chi connectivity index (χ1v) is 5.56. The Kier molecular flexibility index (Phi) is 4.35. The number of rotatable bonds is 0. The number of ether oxygens (including phenoxy) is 2. The fraction of sp³-hybridized carbons (Fsp3) is 0.286. The molecule has 0 spiro atoms. The monoisotopic (exact) mass is 216 g/mol. The van der Waals surface area contributed by atoms with Gasteiger partial charge in [-0.25, -0.2) is 0 Å². The van der Waals surface area contributed by atoms with Crippen molar-refractivity contribution in [2.75, 3.05) is 26.4 Å². The smallest absolute Gasteiger partial charge is 0.0701 e. The fourth-order valence-corrected chi connectivity index (χ4v) is 1.13. The van der Waals surface area contributed by atoms with Crippen LogP contribution in [0.3, 0.4) is 0 Å². The van der Waals surface area contributed by atoms with Gasteiger partial charge in [-0.3, -0.25) is 0 Å². The fourth-order valence-electron chi connectivity index (χ4n) is 1.13. The van der Waals surface area contributed by atoms with Gasteiger partial charge < -0.3 is 9.47 Å². The van der Waals surface area contributed by atoms with Gasteiger partial charge in [0.2, 0.25) is 0 Å². The van der Waals surface area contributed by atoms with E-state index in [0.29, 0.717) is 0 Å². The molecule has 2 heterocycles. The molecule has 2 saturated heterocycles. The topological polar surface area (TPSA) is 25.1 Å². The van der Waals surface area contributed by atoms with Crippen LogP contribution in [0.5, 0.6) is 0 Å². The molecule has 0 saturated carbocycles. The van der Waals surface area contributed by atoms with E-state index in [2.05, 4.69) is 58.0 Å². The Morgan fingerprint density at radius 2 is 0.812 bits per heavy atom. The molecule has 0 aromatic heterocycles. The molecule has 16 heavy (non-hydrogen) atoms. The highest BCUT2D eigenvalue weighted by atomic mass is 16.6. The highest BCUT2D eigenvalue weighted by Gasteiger charge is 1.94. The standard InChI is InChI=1S/C10H8.2C2H4O/c1-2-6-10-8-4-3-7-9(10)5-1;2*1-2-3-1/h1-8H;2*1-2H2. The van der Waals surface area contributed by atoms with E-state index in [1.807, 2.05) is 0 Å². The van der Waals surface area contributed by atoms with E-state index in [4.69, 9.17) is 0 Å². The summed E-state index contributed by atoms with van der Waals surface area (Å²) in [6, 6.07) is 16.7. The van der Waals surface area contributed by atoms with Crippen molar-refractivity contribution in [3.63, 3.8) is 0 Å². The first-order valence-electron chi connectivity index (χ1n) is 5.56. The summed E-state index contributed by atoms with van der Waals surface area (Å²) in [5, 5.41) is 2.62. The summed E-state index contributed by atoms with van der Waals surface area (Å²) in [6.45, 7) is 4.00. The maximum atomic E-state index is 4.50. The zero-order valence-corrected chi connectivity index (χ0v) is 9.26. The highest BCUT2D eigenvalue weighted by Crippen LogP contribution is 2.11. The van der Waals surface area contributed by atoms with Gasteiger partial charge in [0.1, 0.15) is 0 Å². The van der Waals surface area contributed by atoms with Crippen molar-refractivity contribution in [1.82, 2.24) is 0 Å². The zero-order valence-electron chi connectivity index (χ0n) is 9.26. The SMILES string of the molecule is C1CO1.C1CO1.c1ccc2ccccc2c1. The third-order valence-corrected chi connectivity index (χ3v) is 2.07. The van der Waals surface area contributed by atoms with Gasteiger partial charge in [0.15, 0.2) is 0 Å². The van der Waals surface area contributed by atoms with Crippen molar-refractivity contribution in [1.29, 1.82) is 0 Å². The van der Waals surface area contributed by atoms with Crippen molar-refractivity contribution in [3.05, 3.63) is 48.5 Å². The minimum absolute atomic E-state index is 1.00. The Hall–Kier alpha value is -1.38. The first-order chi connectivity index (χ1) is 7.97. The average molecular weight is 216 g/mol. The van der Waals surface area contributed by atoms with E-state index < -0.39 is 0 Å². The molecule has 0 N–H and O–H groups in total. The quantitative estimate of drug-likeness (QED) is 0.633. The molecule has 0 aliphatic carbocycles. The van der Waals surface area contributed by atoms with Crippen LogP contribution in [0.2, 0.25) is 0 Å². The van der Waals surface area contributed by atoms with E-state index in [-0.39, 0.29) is 0 Å². The molecular formula is C14H16O2. The van der Waals surface area contributed by atoms with Crippen molar-refractivity contribution in [2.24, 2.45) is 0 Å². The molecule has 2 aliphatic rings. The number of hydrogen-bond donors (Lipinski definition) is 0. The van der Waals surface area contributed by atoms with Gasteiger partial charge in [-0.1, -0.05) is 48.5 Å². The lowest BCUT2D eigenvalue weighted by Crippen LogP contribution is -1.67. The van der Waals surface area contributed by atoms with E-state index in [0.717, 1.165) is 26.4 Å². The Labute approximate surface area is 95.8 Å². The van der Waals surface area contributed by atoms with E-state index >= 15 is 0 Å². The number of fused-ring (bicyclic) bond motifs is 1.